The summed E-state index contributed by atoms with van der Waals surface area (Å²) in [6.45, 7) is 1.75. The largest absolute Gasteiger partial charge is 0.466 e. The van der Waals surface area contributed by atoms with Crippen molar-refractivity contribution in [3.8, 4) is 0 Å². The van der Waals surface area contributed by atoms with Crippen molar-refractivity contribution in [3.05, 3.63) is 108 Å². The van der Waals surface area contributed by atoms with Gasteiger partial charge >= 0.3 is 5.97 Å². The molecule has 6 nitrogen and oxygen atoms in total. The number of allylic oxidation sites excluding steroid dienone is 1. The number of hydrogen-bond donors (Lipinski definition) is 0. The molecular weight excluding hydrogens is 458 g/mol. The lowest BCUT2D eigenvalue weighted by atomic mass is 9.96. The summed E-state index contributed by atoms with van der Waals surface area (Å²) >= 11 is 7.70. The summed E-state index contributed by atoms with van der Waals surface area (Å²) in [6.07, 6.45) is 1.71. The molecule has 1 atom stereocenters. The average Bonchev–Trinajstić information content (AvgIpc) is 3.12. The van der Waals surface area contributed by atoms with Gasteiger partial charge in [-0.25, -0.2) is 14.8 Å². The minimum absolute atomic E-state index is 0.257. The molecule has 3 heterocycles. The molecule has 0 bridgehead atoms. The van der Waals surface area contributed by atoms with Crippen LogP contribution in [-0.2, 0) is 9.53 Å². The molecule has 33 heavy (non-hydrogen) atoms. The highest BCUT2D eigenvalue weighted by molar-refractivity contribution is 7.07. The molecule has 0 saturated heterocycles. The molecule has 2 aromatic heterocycles. The van der Waals surface area contributed by atoms with Crippen LogP contribution in [0.15, 0.2) is 81.7 Å². The second kappa shape index (κ2) is 8.42. The van der Waals surface area contributed by atoms with Crippen molar-refractivity contribution in [2.75, 3.05) is 7.11 Å². The molecule has 2 aromatic carbocycles. The van der Waals surface area contributed by atoms with Crippen LogP contribution in [0, 0.1) is 0 Å². The van der Waals surface area contributed by atoms with Gasteiger partial charge in [-0.05, 0) is 30.7 Å². The highest BCUT2D eigenvalue weighted by Crippen LogP contribution is 2.30. The molecular formula is C25H18ClN3O3S. The van der Waals surface area contributed by atoms with Gasteiger partial charge in [0.2, 0.25) is 0 Å². The summed E-state index contributed by atoms with van der Waals surface area (Å²) in [7, 11) is 1.32. The van der Waals surface area contributed by atoms with Crippen LogP contribution in [-0.4, -0.2) is 22.6 Å². The number of aromatic nitrogens is 2. The second-order valence-corrected chi connectivity index (χ2v) is 8.95. The quantitative estimate of drug-likeness (QED) is 0.424. The highest BCUT2D eigenvalue weighted by Gasteiger charge is 2.32. The van der Waals surface area contributed by atoms with Crippen molar-refractivity contribution in [2.24, 2.45) is 4.99 Å². The van der Waals surface area contributed by atoms with Crippen molar-refractivity contribution >= 4 is 45.9 Å². The van der Waals surface area contributed by atoms with E-state index in [1.807, 2.05) is 54.6 Å². The van der Waals surface area contributed by atoms with Gasteiger partial charge in [0.15, 0.2) is 4.80 Å². The number of halogens is 1. The van der Waals surface area contributed by atoms with Gasteiger partial charge in [-0.15, -0.1) is 0 Å². The van der Waals surface area contributed by atoms with Crippen LogP contribution in [0.25, 0.3) is 17.0 Å². The highest BCUT2D eigenvalue weighted by atomic mass is 35.5. The van der Waals surface area contributed by atoms with Crippen LogP contribution < -0.4 is 14.9 Å². The number of ether oxygens (including phenoxy) is 1. The summed E-state index contributed by atoms with van der Waals surface area (Å²) in [5.41, 5.74) is 2.73. The Morgan fingerprint density at radius 3 is 2.64 bits per heavy atom. The fraction of sp³-hybridized carbons (Fsp3) is 0.120. The molecule has 0 aliphatic carbocycles. The first-order chi connectivity index (χ1) is 16.0. The van der Waals surface area contributed by atoms with Crippen LogP contribution in [0.2, 0.25) is 5.02 Å². The summed E-state index contributed by atoms with van der Waals surface area (Å²) in [5, 5.41) is 1.41. The van der Waals surface area contributed by atoms with Gasteiger partial charge in [0, 0.05) is 5.39 Å². The van der Waals surface area contributed by atoms with Gasteiger partial charge in [0.25, 0.3) is 5.56 Å². The van der Waals surface area contributed by atoms with Gasteiger partial charge in [-0.1, -0.05) is 71.5 Å². The zero-order valence-electron chi connectivity index (χ0n) is 17.8. The van der Waals surface area contributed by atoms with Crippen LogP contribution in [0.4, 0.5) is 0 Å². The third-order valence-electron chi connectivity index (χ3n) is 5.51. The standard InChI is InChI=1S/C25H18ClN3O3S/c1-14-21(24(31)32-2)22(15-8-4-3-5-9-15)29-23(30)20(33-25(29)27-14)13-16-12-18(26)17-10-6-7-11-19(17)28-16/h3-13,22H,1-2H3/b20-13+/t22-/m0/s1. The number of carbonyl (C=O) groups is 1. The van der Waals surface area contributed by atoms with E-state index >= 15 is 0 Å². The maximum absolute atomic E-state index is 13.6. The second-order valence-electron chi connectivity index (χ2n) is 7.53. The Balaban J connectivity index is 1.74. The van der Waals surface area contributed by atoms with Crippen LogP contribution in [0.3, 0.4) is 0 Å². The molecule has 1 aliphatic rings. The summed E-state index contributed by atoms with van der Waals surface area (Å²) in [5.74, 6) is -0.512. The van der Waals surface area contributed by atoms with Crippen molar-refractivity contribution in [2.45, 2.75) is 13.0 Å². The minimum atomic E-state index is -0.634. The van der Waals surface area contributed by atoms with Crippen LogP contribution >= 0.6 is 22.9 Å². The number of esters is 1. The Kier molecular flexibility index (Phi) is 5.44. The van der Waals surface area contributed by atoms with Gasteiger partial charge in [0.1, 0.15) is 0 Å². The predicted molar refractivity (Wildman–Crippen MR) is 129 cm³/mol. The van der Waals surface area contributed by atoms with Crippen molar-refractivity contribution in [1.29, 1.82) is 0 Å². The molecule has 0 spiro atoms. The van der Waals surface area contributed by atoms with E-state index in [0.717, 1.165) is 16.5 Å². The predicted octanol–water partition coefficient (Wildman–Crippen LogP) is 3.61. The Morgan fingerprint density at radius 1 is 1.15 bits per heavy atom. The van der Waals surface area contributed by atoms with E-state index in [1.54, 1.807) is 23.6 Å². The number of thiazole rings is 1. The molecule has 4 aromatic rings. The number of pyridine rings is 1. The minimum Gasteiger partial charge on any atom is -0.466 e. The number of rotatable bonds is 3. The van der Waals surface area contributed by atoms with Crippen molar-refractivity contribution < 1.29 is 9.53 Å². The van der Waals surface area contributed by atoms with E-state index in [0.29, 0.717) is 31.3 Å². The molecule has 0 fully saturated rings. The molecule has 0 unspecified atom stereocenters. The smallest absolute Gasteiger partial charge is 0.338 e. The van der Waals surface area contributed by atoms with Crippen LogP contribution in [0.1, 0.15) is 24.2 Å². The molecule has 164 valence electrons. The van der Waals surface area contributed by atoms with E-state index in [4.69, 9.17) is 16.3 Å². The lowest BCUT2D eigenvalue weighted by molar-refractivity contribution is -0.136. The molecule has 8 heteroatoms. The zero-order chi connectivity index (χ0) is 23.1. The third kappa shape index (κ3) is 3.69. The summed E-state index contributed by atoms with van der Waals surface area (Å²) < 4.78 is 7.02. The fourth-order valence-corrected chi connectivity index (χ4v) is 5.31. The first kappa shape index (κ1) is 21.3. The van der Waals surface area contributed by atoms with Crippen molar-refractivity contribution in [1.82, 2.24) is 9.55 Å². The van der Waals surface area contributed by atoms with Gasteiger partial charge < -0.3 is 4.74 Å². The lowest BCUT2D eigenvalue weighted by Crippen LogP contribution is -2.39. The molecule has 5 rings (SSSR count). The topological polar surface area (TPSA) is 73.6 Å². The first-order valence-electron chi connectivity index (χ1n) is 10.2. The van der Waals surface area contributed by atoms with Gasteiger partial charge in [-0.2, -0.15) is 0 Å². The monoisotopic (exact) mass is 475 g/mol. The van der Waals surface area contributed by atoms with E-state index in [1.165, 1.54) is 18.4 Å². The summed E-state index contributed by atoms with van der Waals surface area (Å²) in [6, 6.07) is 18.1. The first-order valence-corrected chi connectivity index (χ1v) is 11.4. The van der Waals surface area contributed by atoms with Gasteiger partial charge in [0.05, 0.1) is 45.2 Å². The number of methoxy groups -OCH3 is 1. The SMILES string of the molecule is COC(=O)C1=C(C)N=c2s/c(=C/c3cc(Cl)c4ccccc4n3)c(=O)n2[C@H]1c1ccccc1. The Labute approximate surface area is 197 Å². The molecule has 0 saturated carbocycles. The van der Waals surface area contributed by atoms with Gasteiger partial charge in [-0.3, -0.25) is 9.36 Å². The van der Waals surface area contributed by atoms with E-state index < -0.39 is 12.0 Å². The Morgan fingerprint density at radius 2 is 1.88 bits per heavy atom. The maximum atomic E-state index is 13.6. The average molecular weight is 476 g/mol. The maximum Gasteiger partial charge on any atom is 0.338 e. The van der Waals surface area contributed by atoms with Crippen LogP contribution in [0.5, 0.6) is 0 Å². The summed E-state index contributed by atoms with van der Waals surface area (Å²) in [4.78, 5) is 35.9. The number of para-hydroxylation sites is 1. The number of fused-ring (bicyclic) bond motifs is 2. The Bertz CT molecular complexity index is 1620. The van der Waals surface area contributed by atoms with Crippen molar-refractivity contribution in [3.63, 3.8) is 0 Å². The normalized spacial score (nSPS) is 16.0. The third-order valence-corrected chi connectivity index (χ3v) is 6.80. The molecule has 1 aliphatic heterocycles. The fourth-order valence-electron chi connectivity index (χ4n) is 4.00. The number of benzene rings is 2. The zero-order valence-corrected chi connectivity index (χ0v) is 19.4. The number of nitrogens with zero attached hydrogens (tertiary/aromatic N) is 3. The molecule has 0 N–H and O–H groups in total. The number of hydrogen-bond acceptors (Lipinski definition) is 6. The Hall–Kier alpha value is -3.55. The molecule has 0 amide bonds. The lowest BCUT2D eigenvalue weighted by Gasteiger charge is -2.24. The van der Waals surface area contributed by atoms with E-state index in [9.17, 15) is 9.59 Å². The van der Waals surface area contributed by atoms with E-state index in [-0.39, 0.29) is 5.56 Å². The number of carbonyl (C=O) groups excluding carboxylic acids is 1. The molecule has 0 radical (unpaired) electrons. The van der Waals surface area contributed by atoms with E-state index in [2.05, 4.69) is 9.98 Å².